The van der Waals surface area contributed by atoms with E-state index in [1.54, 1.807) is 25.3 Å². The molecule has 33 heavy (non-hydrogen) atoms. The maximum Gasteiger partial charge on any atom is 0.416 e. The van der Waals surface area contributed by atoms with Gasteiger partial charge in [0.1, 0.15) is 11.5 Å². The van der Waals surface area contributed by atoms with Gasteiger partial charge in [0.25, 0.3) is 0 Å². The van der Waals surface area contributed by atoms with Crippen molar-refractivity contribution >= 4 is 16.9 Å². The lowest BCUT2D eigenvalue weighted by molar-refractivity contribution is -0.138. The Hall–Kier alpha value is -3.75. The predicted octanol–water partition coefficient (Wildman–Crippen LogP) is 5.96. The lowest BCUT2D eigenvalue weighted by Gasteiger charge is -2.12. The van der Waals surface area contributed by atoms with Crippen LogP contribution in [-0.4, -0.2) is 27.7 Å². The third-order valence-corrected chi connectivity index (χ3v) is 5.34. The Morgan fingerprint density at radius 1 is 1.21 bits per heavy atom. The third-order valence-electron chi connectivity index (χ3n) is 5.34. The molecule has 4 aromatic rings. The number of aromatic nitrogens is 2. The molecule has 0 spiro atoms. The molecule has 0 aliphatic carbocycles. The molecule has 2 heterocycles. The van der Waals surface area contributed by atoms with Gasteiger partial charge in [-0.15, -0.1) is 0 Å². The van der Waals surface area contributed by atoms with Crippen LogP contribution in [0, 0.1) is 6.92 Å². The summed E-state index contributed by atoms with van der Waals surface area (Å²) in [5.41, 5.74) is 1.86. The number of oxazole rings is 1. The zero-order valence-electron chi connectivity index (χ0n) is 17.9. The largest absolute Gasteiger partial charge is 0.493 e. The number of H-pyrrole nitrogens is 1. The van der Waals surface area contributed by atoms with Gasteiger partial charge in [-0.05, 0) is 55.0 Å². The van der Waals surface area contributed by atoms with E-state index in [0.29, 0.717) is 28.3 Å². The van der Waals surface area contributed by atoms with Gasteiger partial charge >= 0.3 is 12.1 Å². The SMILES string of the molecule is Cc1oc(-c2ccc(C(F)(F)F)cc2)nc1C(C)COc1ccc2[nH]cc(CC(=O)O)c2c1. The number of aromatic amines is 1. The van der Waals surface area contributed by atoms with Gasteiger partial charge in [0.15, 0.2) is 0 Å². The highest BCUT2D eigenvalue weighted by Gasteiger charge is 2.30. The fourth-order valence-corrected chi connectivity index (χ4v) is 3.65. The molecule has 9 heteroatoms. The number of carbonyl (C=O) groups is 1. The number of carboxylic acid groups (broad SMARTS) is 1. The summed E-state index contributed by atoms with van der Waals surface area (Å²) in [5, 5.41) is 9.85. The fraction of sp³-hybridized carbons (Fsp3) is 0.250. The zero-order valence-corrected chi connectivity index (χ0v) is 17.9. The Labute approximate surface area is 187 Å². The van der Waals surface area contributed by atoms with Crippen LogP contribution < -0.4 is 4.74 Å². The maximum absolute atomic E-state index is 12.8. The van der Waals surface area contributed by atoms with Gasteiger partial charge in [0.2, 0.25) is 5.89 Å². The van der Waals surface area contributed by atoms with Crippen LogP contribution >= 0.6 is 0 Å². The molecule has 1 unspecified atom stereocenters. The van der Waals surface area contributed by atoms with Crippen LogP contribution in [0.3, 0.4) is 0 Å². The van der Waals surface area contributed by atoms with Crippen molar-refractivity contribution in [2.45, 2.75) is 32.4 Å². The van der Waals surface area contributed by atoms with Crippen LogP contribution in [0.25, 0.3) is 22.4 Å². The first kappa shape index (κ1) is 22.4. The molecule has 0 saturated carbocycles. The van der Waals surface area contributed by atoms with E-state index in [1.165, 1.54) is 12.1 Å². The number of aryl methyl sites for hydroxylation is 1. The Balaban J connectivity index is 1.47. The molecule has 172 valence electrons. The second kappa shape index (κ2) is 8.65. The molecule has 0 aliphatic heterocycles. The lowest BCUT2D eigenvalue weighted by Crippen LogP contribution is -2.08. The van der Waals surface area contributed by atoms with Crippen molar-refractivity contribution in [1.29, 1.82) is 0 Å². The van der Waals surface area contributed by atoms with Crippen molar-refractivity contribution in [1.82, 2.24) is 9.97 Å². The normalized spacial score (nSPS) is 12.8. The second-order valence-corrected chi connectivity index (χ2v) is 7.84. The van der Waals surface area contributed by atoms with Crippen molar-refractivity contribution in [2.24, 2.45) is 0 Å². The first-order chi connectivity index (χ1) is 15.6. The van der Waals surface area contributed by atoms with Crippen molar-refractivity contribution in [3.05, 3.63) is 71.2 Å². The Kier molecular flexibility index (Phi) is 5.88. The third kappa shape index (κ3) is 4.87. The van der Waals surface area contributed by atoms with Crippen LogP contribution in [-0.2, 0) is 17.4 Å². The molecule has 0 aliphatic rings. The summed E-state index contributed by atoms with van der Waals surface area (Å²) in [4.78, 5) is 18.6. The first-order valence-electron chi connectivity index (χ1n) is 10.2. The average molecular weight is 458 g/mol. The number of carboxylic acids is 1. The smallest absolute Gasteiger partial charge is 0.416 e. The molecule has 6 nitrogen and oxygen atoms in total. The fourth-order valence-electron chi connectivity index (χ4n) is 3.65. The van der Waals surface area contributed by atoms with Gasteiger partial charge in [-0.2, -0.15) is 13.2 Å². The van der Waals surface area contributed by atoms with E-state index < -0.39 is 17.7 Å². The van der Waals surface area contributed by atoms with E-state index in [1.807, 2.05) is 13.0 Å². The maximum atomic E-state index is 12.8. The number of fused-ring (bicyclic) bond motifs is 1. The molecule has 2 N–H and O–H groups in total. The summed E-state index contributed by atoms with van der Waals surface area (Å²) >= 11 is 0. The molecule has 0 fully saturated rings. The Bertz CT molecular complexity index is 1290. The van der Waals surface area contributed by atoms with Crippen molar-refractivity contribution < 1.29 is 32.2 Å². The summed E-state index contributed by atoms with van der Waals surface area (Å²) in [6.45, 7) is 3.94. The standard InChI is InChI=1S/C24H21F3N2O4/c1-13(12-32-18-7-8-20-19(10-18)16(11-28-20)9-21(30)31)22-14(2)33-23(29-22)15-3-5-17(6-4-15)24(25,26)27/h3-8,10-11,13,28H,9,12H2,1-2H3,(H,30,31). The predicted molar refractivity (Wildman–Crippen MR) is 115 cm³/mol. The van der Waals surface area contributed by atoms with Gasteiger partial charge in [-0.1, -0.05) is 6.92 Å². The minimum absolute atomic E-state index is 0.0925. The van der Waals surface area contributed by atoms with Crippen molar-refractivity contribution in [3.63, 3.8) is 0 Å². The Morgan fingerprint density at radius 2 is 1.94 bits per heavy atom. The van der Waals surface area contributed by atoms with Gasteiger partial charge < -0.3 is 19.2 Å². The molecule has 4 rings (SSSR count). The summed E-state index contributed by atoms with van der Waals surface area (Å²) in [7, 11) is 0. The van der Waals surface area contributed by atoms with Crippen LogP contribution in [0.1, 0.15) is 35.4 Å². The molecule has 1 atom stereocenters. The number of hydrogen-bond donors (Lipinski definition) is 2. The van der Waals surface area contributed by atoms with Crippen LogP contribution in [0.5, 0.6) is 5.75 Å². The number of hydrogen-bond acceptors (Lipinski definition) is 4. The van der Waals surface area contributed by atoms with Crippen LogP contribution in [0.4, 0.5) is 13.2 Å². The zero-order chi connectivity index (χ0) is 23.8. The van der Waals surface area contributed by atoms with Crippen molar-refractivity contribution in [2.75, 3.05) is 6.61 Å². The molecule has 0 bridgehead atoms. The van der Waals surface area contributed by atoms with Gasteiger partial charge in [-0.25, -0.2) is 4.98 Å². The van der Waals surface area contributed by atoms with Gasteiger partial charge in [0, 0.05) is 28.6 Å². The van der Waals surface area contributed by atoms with E-state index in [2.05, 4.69) is 9.97 Å². The number of ether oxygens (including phenoxy) is 1. The summed E-state index contributed by atoms with van der Waals surface area (Å²) < 4.78 is 50.0. The summed E-state index contributed by atoms with van der Waals surface area (Å²) in [6.07, 6.45) is -2.82. The van der Waals surface area contributed by atoms with Crippen LogP contribution in [0.15, 0.2) is 53.1 Å². The first-order valence-corrected chi connectivity index (χ1v) is 10.2. The molecule has 0 saturated heterocycles. The van der Waals surface area contributed by atoms with E-state index in [4.69, 9.17) is 14.3 Å². The number of benzene rings is 2. The highest BCUT2D eigenvalue weighted by Crippen LogP contribution is 2.32. The lowest BCUT2D eigenvalue weighted by atomic mass is 10.1. The number of aliphatic carboxylic acids is 1. The summed E-state index contributed by atoms with van der Waals surface area (Å²) in [5.74, 6) is 0.323. The summed E-state index contributed by atoms with van der Waals surface area (Å²) in [6, 6.07) is 10.1. The Morgan fingerprint density at radius 3 is 2.61 bits per heavy atom. The number of nitrogens with zero attached hydrogens (tertiary/aromatic N) is 1. The van der Waals surface area contributed by atoms with E-state index in [9.17, 15) is 18.0 Å². The molecular weight excluding hydrogens is 437 g/mol. The highest BCUT2D eigenvalue weighted by molar-refractivity contribution is 5.88. The van der Waals surface area contributed by atoms with Crippen LogP contribution in [0.2, 0.25) is 0 Å². The molecule has 0 amide bonds. The molecular formula is C24H21F3N2O4. The number of rotatable bonds is 7. The number of alkyl halides is 3. The van der Waals surface area contributed by atoms with Gasteiger partial charge in [0.05, 0.1) is 24.3 Å². The minimum Gasteiger partial charge on any atom is -0.493 e. The van der Waals surface area contributed by atoms with Crippen molar-refractivity contribution in [3.8, 4) is 17.2 Å². The van der Waals surface area contributed by atoms with Gasteiger partial charge in [-0.3, -0.25) is 4.79 Å². The average Bonchev–Trinajstić information content (AvgIpc) is 3.34. The molecule has 2 aromatic carbocycles. The number of halogens is 3. The molecule has 0 radical (unpaired) electrons. The number of nitrogens with one attached hydrogen (secondary N) is 1. The molecule has 2 aromatic heterocycles. The topological polar surface area (TPSA) is 88.4 Å². The quantitative estimate of drug-likeness (QED) is 0.357. The van der Waals surface area contributed by atoms with E-state index >= 15 is 0 Å². The second-order valence-electron chi connectivity index (χ2n) is 7.84. The monoisotopic (exact) mass is 458 g/mol. The highest BCUT2D eigenvalue weighted by atomic mass is 19.4. The van der Waals surface area contributed by atoms with E-state index in [-0.39, 0.29) is 24.8 Å². The van der Waals surface area contributed by atoms with E-state index in [0.717, 1.165) is 23.0 Å². The minimum atomic E-state index is -4.40.